The Kier molecular flexibility index (Phi) is 4.72. The van der Waals surface area contributed by atoms with E-state index < -0.39 is 27.4 Å². The summed E-state index contributed by atoms with van der Waals surface area (Å²) in [6, 6.07) is 12.1. The summed E-state index contributed by atoms with van der Waals surface area (Å²) < 4.78 is 42.1. The topological polar surface area (TPSA) is 101 Å². The van der Waals surface area contributed by atoms with Crippen LogP contribution in [0.3, 0.4) is 0 Å². The van der Waals surface area contributed by atoms with Gasteiger partial charge < -0.3 is 5.11 Å². The molecule has 0 spiro atoms. The third kappa shape index (κ3) is 3.89. The highest BCUT2D eigenvalue weighted by Gasteiger charge is 2.19. The van der Waals surface area contributed by atoms with Crippen molar-refractivity contribution in [2.24, 2.45) is 0 Å². The number of nitrogens with zero attached hydrogens (tertiary/aromatic N) is 2. The molecule has 0 radical (unpaired) electrons. The van der Waals surface area contributed by atoms with Gasteiger partial charge in [0.1, 0.15) is 5.82 Å². The van der Waals surface area contributed by atoms with Crippen LogP contribution in [0.2, 0.25) is 0 Å². The molecule has 0 unspecified atom stereocenters. The maximum absolute atomic E-state index is 13.4. The van der Waals surface area contributed by atoms with E-state index in [-0.39, 0.29) is 10.6 Å². The number of anilines is 1. The number of hydrogen-bond acceptors (Lipinski definition) is 4. The van der Waals surface area contributed by atoms with E-state index in [9.17, 15) is 17.6 Å². The number of aromatic carboxylic acids is 1. The summed E-state index contributed by atoms with van der Waals surface area (Å²) in [5.74, 6) is -2.55. The average Bonchev–Trinajstić information content (AvgIpc) is 3.01. The normalized spacial score (nSPS) is 11.3. The fourth-order valence-electron chi connectivity index (χ4n) is 2.32. The molecule has 9 heteroatoms. The fourth-order valence-corrected chi connectivity index (χ4v) is 3.38. The zero-order valence-electron chi connectivity index (χ0n) is 13.3. The monoisotopic (exact) mass is 375 g/mol. The van der Waals surface area contributed by atoms with Gasteiger partial charge in [-0.05, 0) is 23.8 Å². The van der Waals surface area contributed by atoms with Gasteiger partial charge in [-0.2, -0.15) is 5.10 Å². The maximum atomic E-state index is 13.4. The van der Waals surface area contributed by atoms with Gasteiger partial charge in [0, 0.05) is 6.20 Å². The number of carboxylic acid groups (broad SMARTS) is 1. The van der Waals surface area contributed by atoms with Crippen molar-refractivity contribution < 1.29 is 22.7 Å². The second-order valence-electron chi connectivity index (χ2n) is 5.46. The van der Waals surface area contributed by atoms with Gasteiger partial charge in [-0.15, -0.1) is 0 Å². The number of hydrogen-bond donors (Lipinski definition) is 2. The van der Waals surface area contributed by atoms with E-state index in [1.165, 1.54) is 12.4 Å². The summed E-state index contributed by atoms with van der Waals surface area (Å²) in [5, 5.41) is 13.0. The molecule has 1 heterocycles. The van der Waals surface area contributed by atoms with Crippen LogP contribution in [0.1, 0.15) is 15.9 Å². The number of benzene rings is 2. The molecular formula is C17H14FN3O4S. The van der Waals surface area contributed by atoms with E-state index in [4.69, 9.17) is 5.11 Å². The van der Waals surface area contributed by atoms with Crippen molar-refractivity contribution in [1.29, 1.82) is 0 Å². The highest BCUT2D eigenvalue weighted by atomic mass is 32.2. The lowest BCUT2D eigenvalue weighted by atomic mass is 10.2. The molecule has 0 amide bonds. The lowest BCUT2D eigenvalue weighted by Crippen LogP contribution is -2.14. The van der Waals surface area contributed by atoms with Crippen LogP contribution in [0.5, 0.6) is 0 Å². The van der Waals surface area contributed by atoms with Crippen LogP contribution in [-0.4, -0.2) is 29.3 Å². The van der Waals surface area contributed by atoms with Crippen molar-refractivity contribution in [1.82, 2.24) is 9.78 Å². The fraction of sp³-hybridized carbons (Fsp3) is 0.0588. The molecule has 0 aliphatic rings. The molecule has 7 nitrogen and oxygen atoms in total. The molecule has 0 aliphatic heterocycles. The van der Waals surface area contributed by atoms with E-state index in [0.717, 1.165) is 23.8 Å². The summed E-state index contributed by atoms with van der Waals surface area (Å²) >= 11 is 0. The second-order valence-corrected chi connectivity index (χ2v) is 7.15. The van der Waals surface area contributed by atoms with Crippen molar-refractivity contribution in [3.05, 3.63) is 77.9 Å². The molecule has 1 aromatic heterocycles. The molecule has 0 bridgehead atoms. The van der Waals surface area contributed by atoms with Gasteiger partial charge in [-0.25, -0.2) is 17.6 Å². The summed E-state index contributed by atoms with van der Waals surface area (Å²) in [7, 11) is -4.08. The summed E-state index contributed by atoms with van der Waals surface area (Å²) in [6.45, 7) is 0.461. The highest BCUT2D eigenvalue weighted by Crippen LogP contribution is 2.19. The molecule has 0 aliphatic carbocycles. The van der Waals surface area contributed by atoms with Crippen molar-refractivity contribution in [3.63, 3.8) is 0 Å². The Bertz CT molecular complexity index is 1050. The Morgan fingerprint density at radius 2 is 1.92 bits per heavy atom. The van der Waals surface area contributed by atoms with Gasteiger partial charge >= 0.3 is 5.97 Å². The summed E-state index contributed by atoms with van der Waals surface area (Å²) in [4.78, 5) is 10.6. The smallest absolute Gasteiger partial charge is 0.338 e. The molecule has 0 saturated heterocycles. The first kappa shape index (κ1) is 17.6. The van der Waals surface area contributed by atoms with Crippen LogP contribution in [0.4, 0.5) is 10.1 Å². The van der Waals surface area contributed by atoms with Crippen LogP contribution in [0.15, 0.2) is 65.8 Å². The molecule has 26 heavy (non-hydrogen) atoms. The molecule has 2 N–H and O–H groups in total. The number of nitrogens with one attached hydrogen (secondary N) is 1. The number of aromatic nitrogens is 2. The van der Waals surface area contributed by atoms with Gasteiger partial charge in [0.2, 0.25) is 0 Å². The number of halogens is 1. The van der Waals surface area contributed by atoms with Crippen LogP contribution in [0, 0.1) is 5.82 Å². The maximum Gasteiger partial charge on any atom is 0.338 e. The van der Waals surface area contributed by atoms with E-state index >= 15 is 0 Å². The third-order valence-electron chi connectivity index (χ3n) is 3.55. The SMILES string of the molecule is O=C(O)c1cc(S(=O)(=O)Nc2cnn(Cc3ccccc3)c2)ccc1F. The highest BCUT2D eigenvalue weighted by molar-refractivity contribution is 7.92. The molecular weight excluding hydrogens is 361 g/mol. The number of carbonyl (C=O) groups is 1. The number of rotatable bonds is 6. The van der Waals surface area contributed by atoms with E-state index in [2.05, 4.69) is 9.82 Å². The third-order valence-corrected chi connectivity index (χ3v) is 4.93. The second kappa shape index (κ2) is 6.96. The minimum Gasteiger partial charge on any atom is -0.478 e. The molecule has 0 fully saturated rings. The lowest BCUT2D eigenvalue weighted by Gasteiger charge is -2.07. The minimum atomic E-state index is -4.08. The zero-order chi connectivity index (χ0) is 18.7. The van der Waals surface area contributed by atoms with Crippen LogP contribution in [-0.2, 0) is 16.6 Å². The van der Waals surface area contributed by atoms with Gasteiger partial charge in [-0.1, -0.05) is 30.3 Å². The van der Waals surface area contributed by atoms with Gasteiger partial charge in [-0.3, -0.25) is 9.40 Å². The Balaban J connectivity index is 1.80. The van der Waals surface area contributed by atoms with Crippen molar-refractivity contribution in [2.75, 3.05) is 4.72 Å². The van der Waals surface area contributed by atoms with Gasteiger partial charge in [0.05, 0.1) is 28.9 Å². The van der Waals surface area contributed by atoms with Gasteiger partial charge in [0.25, 0.3) is 10.0 Å². The first-order valence-electron chi connectivity index (χ1n) is 7.47. The largest absolute Gasteiger partial charge is 0.478 e. The standard InChI is InChI=1S/C17H14FN3O4S/c18-16-7-6-14(8-15(16)17(22)23)26(24,25)20-13-9-19-21(11-13)10-12-4-2-1-3-5-12/h1-9,11,20H,10H2,(H,22,23). The molecule has 2 aromatic carbocycles. The van der Waals surface area contributed by atoms with Crippen molar-refractivity contribution >= 4 is 21.7 Å². The predicted octanol–water partition coefficient (Wildman–Crippen LogP) is 2.57. The van der Waals surface area contributed by atoms with Gasteiger partial charge in [0.15, 0.2) is 0 Å². The van der Waals surface area contributed by atoms with E-state index in [1.54, 1.807) is 4.68 Å². The molecule has 0 saturated carbocycles. The van der Waals surface area contributed by atoms with Crippen LogP contribution in [0.25, 0.3) is 0 Å². The van der Waals surface area contributed by atoms with Crippen molar-refractivity contribution in [2.45, 2.75) is 11.4 Å². The van der Waals surface area contributed by atoms with Crippen LogP contribution < -0.4 is 4.72 Å². The van der Waals surface area contributed by atoms with E-state index in [1.807, 2.05) is 30.3 Å². The zero-order valence-corrected chi connectivity index (χ0v) is 14.1. The predicted molar refractivity (Wildman–Crippen MR) is 91.9 cm³/mol. The average molecular weight is 375 g/mol. The van der Waals surface area contributed by atoms with E-state index in [0.29, 0.717) is 6.54 Å². The Labute approximate surface area is 148 Å². The molecule has 3 aromatic rings. The molecule has 134 valence electrons. The first-order chi connectivity index (χ1) is 12.3. The van der Waals surface area contributed by atoms with Crippen LogP contribution >= 0.6 is 0 Å². The molecule has 0 atom stereocenters. The first-order valence-corrected chi connectivity index (χ1v) is 8.95. The number of carboxylic acids is 1. The molecule has 3 rings (SSSR count). The summed E-state index contributed by atoms with van der Waals surface area (Å²) in [6.07, 6.45) is 2.84. The number of sulfonamides is 1. The minimum absolute atomic E-state index is 0.210. The lowest BCUT2D eigenvalue weighted by molar-refractivity contribution is 0.0691. The summed E-state index contributed by atoms with van der Waals surface area (Å²) in [5.41, 5.74) is 0.490. The Hall–Kier alpha value is -3.20. The van der Waals surface area contributed by atoms with Crippen molar-refractivity contribution in [3.8, 4) is 0 Å². The quantitative estimate of drug-likeness (QED) is 0.690. The Morgan fingerprint density at radius 3 is 2.62 bits per heavy atom. The Morgan fingerprint density at radius 1 is 1.19 bits per heavy atom.